The Balaban J connectivity index is 1.79. The first-order chi connectivity index (χ1) is 13.7. The Morgan fingerprint density at radius 3 is 1.79 bits per heavy atom. The lowest BCUT2D eigenvalue weighted by Crippen LogP contribution is -2.39. The van der Waals surface area contributed by atoms with Gasteiger partial charge in [0, 0.05) is 18.8 Å². The van der Waals surface area contributed by atoms with Crippen molar-refractivity contribution >= 4 is 17.5 Å². The molecule has 3 rings (SSSR count). The molecule has 1 N–H and O–H groups in total. The van der Waals surface area contributed by atoms with Gasteiger partial charge in [-0.1, -0.05) is 85.8 Å². The third kappa shape index (κ3) is 5.07. The smallest absolute Gasteiger partial charge is 0.313 e. The topological polar surface area (TPSA) is 49.4 Å². The number of carbonyl (C=O) groups excluding carboxylic acids is 2. The van der Waals surface area contributed by atoms with Crippen molar-refractivity contribution in [3.63, 3.8) is 0 Å². The minimum atomic E-state index is -0.618. The number of carbonyl (C=O) groups is 2. The molecule has 2 amide bonds. The Bertz CT molecular complexity index is 882. The Hall–Kier alpha value is -3.40. The fourth-order valence-electron chi connectivity index (χ4n) is 3.08. The van der Waals surface area contributed by atoms with Gasteiger partial charge in [-0.2, -0.15) is 0 Å². The maximum atomic E-state index is 13.0. The van der Waals surface area contributed by atoms with E-state index in [1.807, 2.05) is 91.9 Å². The van der Waals surface area contributed by atoms with Crippen LogP contribution in [0.25, 0.3) is 0 Å². The van der Waals surface area contributed by atoms with E-state index >= 15 is 0 Å². The van der Waals surface area contributed by atoms with Crippen LogP contribution in [0.1, 0.15) is 23.6 Å². The third-order valence-corrected chi connectivity index (χ3v) is 4.56. The second kappa shape index (κ2) is 9.51. The van der Waals surface area contributed by atoms with Gasteiger partial charge in [-0.25, -0.2) is 0 Å². The number of hydrogen-bond donors (Lipinski definition) is 1. The van der Waals surface area contributed by atoms with Crippen LogP contribution < -0.4 is 5.32 Å². The van der Waals surface area contributed by atoms with Crippen LogP contribution in [0.3, 0.4) is 0 Å². The molecule has 0 bridgehead atoms. The van der Waals surface area contributed by atoms with Crippen molar-refractivity contribution in [3.05, 3.63) is 102 Å². The number of para-hydroxylation sites is 1. The first-order valence-corrected chi connectivity index (χ1v) is 9.43. The Labute approximate surface area is 165 Å². The highest BCUT2D eigenvalue weighted by Gasteiger charge is 2.23. The summed E-state index contributed by atoms with van der Waals surface area (Å²) in [6, 6.07) is 26.9. The summed E-state index contributed by atoms with van der Waals surface area (Å²) in [4.78, 5) is 27.2. The Morgan fingerprint density at radius 1 is 0.750 bits per heavy atom. The normalized spacial score (nSPS) is 10.3. The van der Waals surface area contributed by atoms with Gasteiger partial charge in [0.2, 0.25) is 0 Å². The summed E-state index contributed by atoms with van der Waals surface area (Å²) in [6.07, 6.45) is 0.780. The first kappa shape index (κ1) is 19.4. The average molecular weight is 372 g/mol. The zero-order chi connectivity index (χ0) is 19.8. The molecule has 4 heteroatoms. The molecule has 4 nitrogen and oxygen atoms in total. The monoisotopic (exact) mass is 372 g/mol. The first-order valence-electron chi connectivity index (χ1n) is 9.43. The number of benzene rings is 3. The fraction of sp³-hybridized carbons (Fsp3) is 0.167. The number of anilines is 1. The van der Waals surface area contributed by atoms with Crippen molar-refractivity contribution in [1.29, 1.82) is 0 Å². The number of amides is 2. The van der Waals surface area contributed by atoms with Gasteiger partial charge >= 0.3 is 11.8 Å². The van der Waals surface area contributed by atoms with E-state index in [4.69, 9.17) is 0 Å². The van der Waals surface area contributed by atoms with Crippen LogP contribution in [0.4, 0.5) is 5.69 Å². The molecule has 0 saturated carbocycles. The molecular weight excluding hydrogens is 348 g/mol. The minimum absolute atomic E-state index is 0.372. The molecule has 0 unspecified atom stereocenters. The van der Waals surface area contributed by atoms with Gasteiger partial charge in [-0.3, -0.25) is 9.59 Å². The van der Waals surface area contributed by atoms with Crippen LogP contribution in [0.15, 0.2) is 84.9 Å². The Kier molecular flexibility index (Phi) is 6.58. The number of nitrogens with zero attached hydrogens (tertiary/aromatic N) is 1. The summed E-state index contributed by atoms with van der Waals surface area (Å²) in [5.74, 6) is -1.16. The van der Waals surface area contributed by atoms with Crippen LogP contribution in [0.2, 0.25) is 0 Å². The summed E-state index contributed by atoms with van der Waals surface area (Å²) >= 11 is 0. The molecule has 3 aromatic carbocycles. The molecule has 0 radical (unpaired) electrons. The second-order valence-corrected chi connectivity index (χ2v) is 6.60. The van der Waals surface area contributed by atoms with Crippen molar-refractivity contribution in [1.82, 2.24) is 4.90 Å². The quantitative estimate of drug-likeness (QED) is 0.651. The third-order valence-electron chi connectivity index (χ3n) is 4.56. The molecule has 3 aromatic rings. The number of rotatable bonds is 6. The molecule has 0 spiro atoms. The van der Waals surface area contributed by atoms with E-state index in [9.17, 15) is 9.59 Å². The molecule has 0 aliphatic rings. The lowest BCUT2D eigenvalue weighted by atomic mass is 10.1. The molecule has 0 aliphatic carbocycles. The van der Waals surface area contributed by atoms with Crippen molar-refractivity contribution in [3.8, 4) is 0 Å². The van der Waals surface area contributed by atoms with Gasteiger partial charge in [0.15, 0.2) is 0 Å². The van der Waals surface area contributed by atoms with Crippen LogP contribution in [-0.4, -0.2) is 16.7 Å². The molecule has 142 valence electrons. The zero-order valence-electron chi connectivity index (χ0n) is 16.0. The van der Waals surface area contributed by atoms with Crippen molar-refractivity contribution in [2.45, 2.75) is 26.4 Å². The number of aryl methyl sites for hydroxylation is 1. The van der Waals surface area contributed by atoms with E-state index in [1.165, 1.54) is 0 Å². The standard InChI is InChI=1S/C24H24N2O2/c1-2-21-15-9-10-16-22(21)25-23(27)24(28)26(17-19-11-5-3-6-12-19)18-20-13-7-4-8-14-20/h3-16H,2,17-18H2,1H3,(H,25,27). The van der Waals surface area contributed by atoms with E-state index in [2.05, 4.69) is 5.32 Å². The van der Waals surface area contributed by atoms with Crippen LogP contribution >= 0.6 is 0 Å². The molecular formula is C24H24N2O2. The minimum Gasteiger partial charge on any atom is -0.326 e. The summed E-state index contributed by atoms with van der Waals surface area (Å²) in [5.41, 5.74) is 3.64. The van der Waals surface area contributed by atoms with Crippen LogP contribution in [0.5, 0.6) is 0 Å². The summed E-state index contributed by atoms with van der Waals surface area (Å²) in [7, 11) is 0. The van der Waals surface area contributed by atoms with Gasteiger partial charge in [-0.05, 0) is 29.2 Å². The fourth-order valence-corrected chi connectivity index (χ4v) is 3.08. The predicted octanol–water partition coefficient (Wildman–Crippen LogP) is 4.42. The van der Waals surface area contributed by atoms with E-state index in [1.54, 1.807) is 4.90 Å². The highest BCUT2D eigenvalue weighted by molar-refractivity contribution is 6.39. The van der Waals surface area contributed by atoms with E-state index in [-0.39, 0.29) is 0 Å². The van der Waals surface area contributed by atoms with Crippen molar-refractivity contribution in [2.24, 2.45) is 0 Å². The highest BCUT2D eigenvalue weighted by atomic mass is 16.2. The predicted molar refractivity (Wildman–Crippen MR) is 112 cm³/mol. The summed E-state index contributed by atoms with van der Waals surface area (Å²) in [6.45, 7) is 2.76. The van der Waals surface area contributed by atoms with Gasteiger partial charge in [0.25, 0.3) is 0 Å². The van der Waals surface area contributed by atoms with Gasteiger partial charge in [0.1, 0.15) is 0 Å². The van der Waals surface area contributed by atoms with Crippen LogP contribution in [-0.2, 0) is 29.1 Å². The largest absolute Gasteiger partial charge is 0.326 e. The lowest BCUT2D eigenvalue weighted by molar-refractivity contribution is -0.144. The van der Waals surface area contributed by atoms with Gasteiger partial charge in [-0.15, -0.1) is 0 Å². The molecule has 0 heterocycles. The summed E-state index contributed by atoms with van der Waals surface area (Å²) < 4.78 is 0. The average Bonchev–Trinajstić information content (AvgIpc) is 2.74. The zero-order valence-corrected chi connectivity index (χ0v) is 16.0. The molecule has 0 atom stereocenters. The van der Waals surface area contributed by atoms with Gasteiger partial charge < -0.3 is 10.2 Å². The second-order valence-electron chi connectivity index (χ2n) is 6.60. The van der Waals surface area contributed by atoms with E-state index < -0.39 is 11.8 Å². The van der Waals surface area contributed by atoms with Crippen molar-refractivity contribution < 1.29 is 9.59 Å². The van der Waals surface area contributed by atoms with E-state index in [0.717, 1.165) is 23.1 Å². The number of hydrogen-bond acceptors (Lipinski definition) is 2. The van der Waals surface area contributed by atoms with Crippen LogP contribution in [0, 0.1) is 0 Å². The maximum absolute atomic E-state index is 13.0. The molecule has 0 aromatic heterocycles. The number of nitrogens with one attached hydrogen (secondary N) is 1. The SMILES string of the molecule is CCc1ccccc1NC(=O)C(=O)N(Cc1ccccc1)Cc1ccccc1. The Morgan fingerprint density at radius 2 is 1.25 bits per heavy atom. The molecule has 0 aliphatic heterocycles. The van der Waals surface area contributed by atoms with E-state index in [0.29, 0.717) is 18.8 Å². The lowest BCUT2D eigenvalue weighted by Gasteiger charge is -2.23. The maximum Gasteiger partial charge on any atom is 0.313 e. The molecule has 28 heavy (non-hydrogen) atoms. The highest BCUT2D eigenvalue weighted by Crippen LogP contribution is 2.16. The summed E-state index contributed by atoms with van der Waals surface area (Å²) in [5, 5.41) is 2.78. The molecule has 0 saturated heterocycles. The van der Waals surface area contributed by atoms with Gasteiger partial charge in [0.05, 0.1) is 0 Å². The molecule has 0 fully saturated rings. The van der Waals surface area contributed by atoms with Crippen molar-refractivity contribution in [2.75, 3.05) is 5.32 Å².